The first-order valence-electron chi connectivity index (χ1n) is 5.48. The summed E-state index contributed by atoms with van der Waals surface area (Å²) in [5.74, 6) is -0.290. The van der Waals surface area contributed by atoms with E-state index in [1.54, 1.807) is 26.2 Å². The van der Waals surface area contributed by atoms with E-state index in [1.165, 1.54) is 4.90 Å². The molecule has 0 aliphatic rings. The Bertz CT molecular complexity index is 436. The summed E-state index contributed by atoms with van der Waals surface area (Å²) < 4.78 is 0. The Balaban J connectivity index is 2.38. The van der Waals surface area contributed by atoms with Crippen molar-refractivity contribution in [2.45, 2.75) is 19.9 Å². The molecule has 0 unspecified atom stereocenters. The van der Waals surface area contributed by atoms with Crippen molar-refractivity contribution in [2.24, 2.45) is 0 Å². The number of amides is 2. The molecular weight excluding hydrogens is 236 g/mol. The number of nitrogens with zero attached hydrogens (tertiary/aromatic N) is 3. The molecule has 2 N–H and O–H groups in total. The molecule has 0 saturated heterocycles. The fraction of sp³-hybridized carbons (Fsp3) is 0.455. The molecule has 0 radical (unpaired) electrons. The van der Waals surface area contributed by atoms with Crippen LogP contribution in [0.2, 0.25) is 0 Å². The molecule has 0 bridgehead atoms. The van der Waals surface area contributed by atoms with Gasteiger partial charge in [0.15, 0.2) is 0 Å². The summed E-state index contributed by atoms with van der Waals surface area (Å²) in [4.78, 5) is 31.4. The van der Waals surface area contributed by atoms with Crippen LogP contribution in [0.4, 0.5) is 4.79 Å². The van der Waals surface area contributed by atoms with Gasteiger partial charge in [0.05, 0.1) is 18.7 Å². The van der Waals surface area contributed by atoms with E-state index in [-0.39, 0.29) is 19.0 Å². The molecule has 7 heteroatoms. The molecule has 0 aromatic carbocycles. The smallest absolute Gasteiger partial charge is 0.317 e. The summed E-state index contributed by atoms with van der Waals surface area (Å²) in [6.45, 7) is 2.23. The highest BCUT2D eigenvalue weighted by atomic mass is 16.4. The normalized spacial score (nSPS) is 9.89. The molecule has 0 fully saturated rings. The lowest BCUT2D eigenvalue weighted by atomic mass is 10.4. The molecule has 98 valence electrons. The quantitative estimate of drug-likeness (QED) is 0.791. The van der Waals surface area contributed by atoms with E-state index in [1.807, 2.05) is 0 Å². The molecular formula is C11H16N4O3. The van der Waals surface area contributed by atoms with Crippen LogP contribution < -0.4 is 5.32 Å². The maximum Gasteiger partial charge on any atom is 0.317 e. The van der Waals surface area contributed by atoms with Crippen LogP contribution in [0.25, 0.3) is 0 Å². The summed E-state index contributed by atoms with van der Waals surface area (Å²) in [7, 11) is 1.55. The minimum Gasteiger partial charge on any atom is -0.481 e. The van der Waals surface area contributed by atoms with Crippen LogP contribution in [0.5, 0.6) is 0 Å². The third-order valence-electron chi connectivity index (χ3n) is 2.26. The second kappa shape index (κ2) is 6.53. The number of hydrogen-bond donors (Lipinski definition) is 2. The Labute approximate surface area is 105 Å². The molecule has 0 spiro atoms. The third kappa shape index (κ3) is 4.77. The zero-order chi connectivity index (χ0) is 13.5. The van der Waals surface area contributed by atoms with Gasteiger partial charge < -0.3 is 15.3 Å². The maximum absolute atomic E-state index is 11.6. The van der Waals surface area contributed by atoms with E-state index in [0.717, 1.165) is 0 Å². The highest BCUT2D eigenvalue weighted by molar-refractivity contribution is 5.74. The van der Waals surface area contributed by atoms with Crippen LogP contribution in [0, 0.1) is 6.92 Å². The van der Waals surface area contributed by atoms with Gasteiger partial charge in [0.2, 0.25) is 0 Å². The number of carbonyl (C=O) groups is 2. The van der Waals surface area contributed by atoms with Gasteiger partial charge in [-0.1, -0.05) is 0 Å². The number of carbonyl (C=O) groups excluding carboxylic acids is 1. The average Bonchev–Trinajstić information content (AvgIpc) is 2.33. The highest BCUT2D eigenvalue weighted by Gasteiger charge is 2.09. The summed E-state index contributed by atoms with van der Waals surface area (Å²) in [6, 6.07) is 1.39. The van der Waals surface area contributed by atoms with Crippen molar-refractivity contribution >= 4 is 12.0 Å². The zero-order valence-electron chi connectivity index (χ0n) is 10.4. The molecule has 2 amide bonds. The zero-order valence-corrected chi connectivity index (χ0v) is 10.4. The molecule has 0 aliphatic carbocycles. The molecule has 1 heterocycles. The Morgan fingerprint density at radius 3 is 2.83 bits per heavy atom. The standard InChI is InChI=1S/C11H16N4O3/c1-8-12-5-3-9(14-8)7-13-11(18)15(2)6-4-10(16)17/h3,5H,4,6-7H2,1-2H3,(H,13,18)(H,16,17). The molecule has 0 saturated carbocycles. The lowest BCUT2D eigenvalue weighted by molar-refractivity contribution is -0.137. The van der Waals surface area contributed by atoms with Gasteiger partial charge in [-0.3, -0.25) is 4.79 Å². The van der Waals surface area contributed by atoms with Gasteiger partial charge in [0.25, 0.3) is 0 Å². The van der Waals surface area contributed by atoms with Crippen LogP contribution in [0.1, 0.15) is 17.9 Å². The minimum atomic E-state index is -0.930. The van der Waals surface area contributed by atoms with Gasteiger partial charge in [-0.05, 0) is 13.0 Å². The summed E-state index contributed by atoms with van der Waals surface area (Å²) in [5.41, 5.74) is 0.711. The van der Waals surface area contributed by atoms with Crippen molar-refractivity contribution in [3.63, 3.8) is 0 Å². The van der Waals surface area contributed by atoms with Crippen LogP contribution in [-0.4, -0.2) is 45.6 Å². The SMILES string of the molecule is Cc1nccc(CNC(=O)N(C)CCC(=O)O)n1. The van der Waals surface area contributed by atoms with Gasteiger partial charge >= 0.3 is 12.0 Å². The predicted molar refractivity (Wildman–Crippen MR) is 63.9 cm³/mol. The van der Waals surface area contributed by atoms with E-state index in [2.05, 4.69) is 15.3 Å². The minimum absolute atomic E-state index is 0.0729. The summed E-state index contributed by atoms with van der Waals surface area (Å²) >= 11 is 0. The number of aryl methyl sites for hydroxylation is 1. The predicted octanol–water partition coefficient (Wildman–Crippen LogP) is 0.401. The molecule has 1 aromatic rings. The van der Waals surface area contributed by atoms with Gasteiger partial charge in [0.1, 0.15) is 5.82 Å². The fourth-order valence-corrected chi connectivity index (χ4v) is 1.27. The molecule has 18 heavy (non-hydrogen) atoms. The van der Waals surface area contributed by atoms with Crippen LogP contribution in [0.3, 0.4) is 0 Å². The maximum atomic E-state index is 11.6. The second-order valence-corrected chi connectivity index (χ2v) is 3.82. The van der Waals surface area contributed by atoms with E-state index < -0.39 is 5.97 Å². The first-order chi connectivity index (χ1) is 8.49. The van der Waals surface area contributed by atoms with E-state index >= 15 is 0 Å². The van der Waals surface area contributed by atoms with Crippen LogP contribution >= 0.6 is 0 Å². The van der Waals surface area contributed by atoms with Crippen LogP contribution in [0.15, 0.2) is 12.3 Å². The van der Waals surface area contributed by atoms with Crippen molar-refractivity contribution < 1.29 is 14.7 Å². The van der Waals surface area contributed by atoms with Crippen molar-refractivity contribution in [1.29, 1.82) is 0 Å². The number of aliphatic carboxylic acids is 1. The van der Waals surface area contributed by atoms with Gasteiger partial charge in [-0.25, -0.2) is 14.8 Å². The monoisotopic (exact) mass is 252 g/mol. The highest BCUT2D eigenvalue weighted by Crippen LogP contribution is 1.95. The van der Waals surface area contributed by atoms with Gasteiger partial charge in [-0.15, -0.1) is 0 Å². The van der Waals surface area contributed by atoms with Crippen molar-refractivity contribution in [3.05, 3.63) is 23.8 Å². The largest absolute Gasteiger partial charge is 0.481 e. The number of aromatic nitrogens is 2. The number of urea groups is 1. The Morgan fingerprint density at radius 2 is 2.22 bits per heavy atom. The molecule has 1 rings (SSSR count). The fourth-order valence-electron chi connectivity index (χ4n) is 1.27. The van der Waals surface area contributed by atoms with Crippen molar-refractivity contribution in [2.75, 3.05) is 13.6 Å². The number of carboxylic acids is 1. The molecule has 7 nitrogen and oxygen atoms in total. The first kappa shape index (κ1) is 13.9. The number of hydrogen-bond acceptors (Lipinski definition) is 4. The van der Waals surface area contributed by atoms with Crippen molar-refractivity contribution in [1.82, 2.24) is 20.2 Å². The summed E-state index contributed by atoms with van der Waals surface area (Å²) in [5, 5.41) is 11.2. The Morgan fingerprint density at radius 1 is 1.50 bits per heavy atom. The summed E-state index contributed by atoms with van der Waals surface area (Å²) in [6.07, 6.45) is 1.55. The average molecular weight is 252 g/mol. The molecule has 1 aromatic heterocycles. The van der Waals surface area contributed by atoms with Gasteiger partial charge in [-0.2, -0.15) is 0 Å². The third-order valence-corrected chi connectivity index (χ3v) is 2.26. The number of rotatable bonds is 5. The topological polar surface area (TPSA) is 95.4 Å². The van der Waals surface area contributed by atoms with E-state index in [9.17, 15) is 9.59 Å². The number of nitrogens with one attached hydrogen (secondary N) is 1. The molecule has 0 atom stereocenters. The number of carboxylic acid groups (broad SMARTS) is 1. The van der Waals surface area contributed by atoms with Gasteiger partial charge in [0, 0.05) is 19.8 Å². The Kier molecular flexibility index (Phi) is 5.04. The van der Waals surface area contributed by atoms with Crippen molar-refractivity contribution in [3.8, 4) is 0 Å². The second-order valence-electron chi connectivity index (χ2n) is 3.82. The van der Waals surface area contributed by atoms with E-state index in [0.29, 0.717) is 18.1 Å². The Hall–Kier alpha value is -2.18. The van der Waals surface area contributed by atoms with E-state index in [4.69, 9.17) is 5.11 Å². The first-order valence-corrected chi connectivity index (χ1v) is 5.48. The van der Waals surface area contributed by atoms with Crippen LogP contribution in [-0.2, 0) is 11.3 Å². The lowest BCUT2D eigenvalue weighted by Crippen LogP contribution is -2.38. The molecule has 0 aliphatic heterocycles. The lowest BCUT2D eigenvalue weighted by Gasteiger charge is -2.16.